The summed E-state index contributed by atoms with van der Waals surface area (Å²) in [7, 11) is 0. The molecule has 0 amide bonds. The van der Waals surface area contributed by atoms with Crippen LogP contribution in [0.25, 0.3) is 0 Å². The summed E-state index contributed by atoms with van der Waals surface area (Å²) in [6.07, 6.45) is 0.947. The topological polar surface area (TPSA) is 26.0 Å². The van der Waals surface area contributed by atoms with Crippen molar-refractivity contribution in [3.05, 3.63) is 35.4 Å². The van der Waals surface area contributed by atoms with Gasteiger partial charge in [0.25, 0.3) is 0 Å². The fourth-order valence-corrected chi connectivity index (χ4v) is 1.14. The number of benzene rings is 1. The lowest BCUT2D eigenvalue weighted by Crippen LogP contribution is -2.02. The Bertz CT molecular complexity index is 205. The van der Waals surface area contributed by atoms with E-state index in [1.807, 2.05) is 12.1 Å². The molecule has 0 saturated heterocycles. The summed E-state index contributed by atoms with van der Waals surface area (Å²) < 4.78 is 0. The molecule has 0 saturated carbocycles. The smallest absolute Gasteiger partial charge is 0.0474 e. The molecule has 0 aromatic heterocycles. The molecule has 0 aliphatic rings. The number of halogens is 1. The molecule has 1 aromatic rings. The minimum Gasteiger partial charge on any atom is -0.330 e. The molecule has 1 rings (SSSR count). The zero-order valence-electron chi connectivity index (χ0n) is 6.39. The molecule has 11 heavy (non-hydrogen) atoms. The van der Waals surface area contributed by atoms with E-state index in [2.05, 4.69) is 12.1 Å². The second-order valence-corrected chi connectivity index (χ2v) is 2.76. The molecule has 0 fully saturated rings. The molecule has 0 atom stereocenters. The van der Waals surface area contributed by atoms with Crippen molar-refractivity contribution in [2.24, 2.45) is 5.73 Å². The summed E-state index contributed by atoms with van der Waals surface area (Å²) in [6, 6.07) is 8.23. The summed E-state index contributed by atoms with van der Waals surface area (Å²) in [5.41, 5.74) is 7.84. The maximum absolute atomic E-state index is 5.63. The zero-order chi connectivity index (χ0) is 8.10. The summed E-state index contributed by atoms with van der Waals surface area (Å²) in [5.74, 6) is 0.586. The highest BCUT2D eigenvalue weighted by atomic mass is 35.5. The van der Waals surface area contributed by atoms with Crippen molar-refractivity contribution in [1.82, 2.24) is 0 Å². The van der Waals surface area contributed by atoms with Crippen molar-refractivity contribution in [3.8, 4) is 0 Å². The van der Waals surface area contributed by atoms with Gasteiger partial charge in [0.2, 0.25) is 0 Å². The van der Waals surface area contributed by atoms with E-state index in [0.29, 0.717) is 12.4 Å². The van der Waals surface area contributed by atoms with Gasteiger partial charge in [0.15, 0.2) is 0 Å². The number of rotatable bonds is 3. The molecule has 60 valence electrons. The quantitative estimate of drug-likeness (QED) is 0.688. The van der Waals surface area contributed by atoms with Crippen molar-refractivity contribution < 1.29 is 0 Å². The lowest BCUT2D eigenvalue weighted by molar-refractivity contribution is 0.967. The first kappa shape index (κ1) is 8.57. The molecule has 0 unspecified atom stereocenters. The summed E-state index contributed by atoms with van der Waals surface area (Å²) in [4.78, 5) is 0. The van der Waals surface area contributed by atoms with Gasteiger partial charge in [0.1, 0.15) is 0 Å². The third-order valence-corrected chi connectivity index (χ3v) is 1.92. The van der Waals surface area contributed by atoms with E-state index in [0.717, 1.165) is 12.0 Å². The number of nitrogens with two attached hydrogens (primary N) is 1. The molecule has 1 nitrogen and oxygen atoms in total. The minimum atomic E-state index is 0.586. The molecule has 0 aliphatic heterocycles. The Kier molecular flexibility index (Phi) is 3.40. The summed E-state index contributed by atoms with van der Waals surface area (Å²) in [5, 5.41) is 0. The van der Waals surface area contributed by atoms with Crippen LogP contribution in [0.4, 0.5) is 0 Å². The highest BCUT2D eigenvalue weighted by Gasteiger charge is 1.91. The van der Waals surface area contributed by atoms with Crippen molar-refractivity contribution in [3.63, 3.8) is 0 Å². The molecule has 0 spiro atoms. The van der Waals surface area contributed by atoms with Crippen molar-refractivity contribution in [2.75, 3.05) is 6.54 Å². The predicted molar refractivity (Wildman–Crippen MR) is 48.8 cm³/mol. The van der Waals surface area contributed by atoms with E-state index in [1.54, 1.807) is 0 Å². The second-order valence-electron chi connectivity index (χ2n) is 2.49. The Morgan fingerprint density at radius 3 is 2.09 bits per heavy atom. The van der Waals surface area contributed by atoms with Gasteiger partial charge in [0, 0.05) is 5.88 Å². The summed E-state index contributed by atoms with van der Waals surface area (Å²) in [6.45, 7) is 0.709. The monoisotopic (exact) mass is 169 g/mol. The molecule has 1 aromatic carbocycles. The number of hydrogen-bond donors (Lipinski definition) is 1. The van der Waals surface area contributed by atoms with Crippen LogP contribution in [0.3, 0.4) is 0 Å². The van der Waals surface area contributed by atoms with Gasteiger partial charge in [-0.3, -0.25) is 0 Å². The van der Waals surface area contributed by atoms with Gasteiger partial charge in [-0.2, -0.15) is 0 Å². The van der Waals surface area contributed by atoms with Crippen LogP contribution in [-0.2, 0) is 12.3 Å². The van der Waals surface area contributed by atoms with E-state index in [1.165, 1.54) is 5.56 Å². The van der Waals surface area contributed by atoms with Gasteiger partial charge in [-0.05, 0) is 24.1 Å². The number of alkyl halides is 1. The van der Waals surface area contributed by atoms with Crippen LogP contribution in [0.5, 0.6) is 0 Å². The fourth-order valence-electron chi connectivity index (χ4n) is 0.962. The Balaban J connectivity index is 2.66. The minimum absolute atomic E-state index is 0.586. The van der Waals surface area contributed by atoms with Crippen LogP contribution in [0.1, 0.15) is 11.1 Å². The maximum atomic E-state index is 5.63. The highest BCUT2D eigenvalue weighted by molar-refractivity contribution is 6.17. The molecule has 0 aliphatic carbocycles. The second kappa shape index (κ2) is 4.37. The van der Waals surface area contributed by atoms with E-state index in [-0.39, 0.29) is 0 Å². The molecule has 2 N–H and O–H groups in total. The fraction of sp³-hybridized carbons (Fsp3) is 0.333. The SMILES string of the molecule is NCCc1ccc(CCl)cc1. The third-order valence-electron chi connectivity index (χ3n) is 1.61. The Morgan fingerprint density at radius 1 is 1.09 bits per heavy atom. The Morgan fingerprint density at radius 2 is 1.64 bits per heavy atom. The molecular formula is C9H12ClN. The molecular weight excluding hydrogens is 158 g/mol. The van der Waals surface area contributed by atoms with Crippen LogP contribution in [0.2, 0.25) is 0 Å². The van der Waals surface area contributed by atoms with Gasteiger partial charge < -0.3 is 5.73 Å². The van der Waals surface area contributed by atoms with E-state index >= 15 is 0 Å². The molecule has 0 bridgehead atoms. The van der Waals surface area contributed by atoms with Crippen molar-refractivity contribution in [1.29, 1.82) is 0 Å². The first-order chi connectivity index (χ1) is 5.36. The average Bonchev–Trinajstić information content (AvgIpc) is 2.07. The van der Waals surface area contributed by atoms with Gasteiger partial charge in [-0.15, -0.1) is 11.6 Å². The molecule has 2 heteroatoms. The predicted octanol–water partition coefficient (Wildman–Crippen LogP) is 1.93. The normalized spacial score (nSPS) is 10.0. The van der Waals surface area contributed by atoms with Crippen LogP contribution >= 0.6 is 11.6 Å². The van der Waals surface area contributed by atoms with Crippen LogP contribution in [0, 0.1) is 0 Å². The zero-order valence-corrected chi connectivity index (χ0v) is 7.14. The van der Waals surface area contributed by atoms with Crippen LogP contribution in [0.15, 0.2) is 24.3 Å². The lowest BCUT2D eigenvalue weighted by atomic mass is 10.1. The Hall–Kier alpha value is -0.530. The third kappa shape index (κ3) is 2.52. The van der Waals surface area contributed by atoms with E-state index in [4.69, 9.17) is 17.3 Å². The molecule has 0 radical (unpaired) electrons. The van der Waals surface area contributed by atoms with Crippen LogP contribution in [-0.4, -0.2) is 6.54 Å². The lowest BCUT2D eigenvalue weighted by Gasteiger charge is -1.98. The highest BCUT2D eigenvalue weighted by Crippen LogP contribution is 2.06. The number of hydrogen-bond acceptors (Lipinski definition) is 1. The van der Waals surface area contributed by atoms with Gasteiger partial charge in [0.05, 0.1) is 0 Å². The van der Waals surface area contributed by atoms with Gasteiger partial charge in [-0.25, -0.2) is 0 Å². The first-order valence-electron chi connectivity index (χ1n) is 3.70. The average molecular weight is 170 g/mol. The largest absolute Gasteiger partial charge is 0.330 e. The van der Waals surface area contributed by atoms with Gasteiger partial charge >= 0.3 is 0 Å². The standard InChI is InChI=1S/C9H12ClN/c10-7-9-3-1-8(2-4-9)5-6-11/h1-4H,5-7,11H2. The van der Waals surface area contributed by atoms with Crippen LogP contribution < -0.4 is 5.73 Å². The first-order valence-corrected chi connectivity index (χ1v) is 4.24. The van der Waals surface area contributed by atoms with Gasteiger partial charge in [-0.1, -0.05) is 24.3 Å². The van der Waals surface area contributed by atoms with E-state index < -0.39 is 0 Å². The maximum Gasteiger partial charge on any atom is 0.0474 e. The van der Waals surface area contributed by atoms with E-state index in [9.17, 15) is 0 Å². The van der Waals surface area contributed by atoms with Crippen molar-refractivity contribution in [2.45, 2.75) is 12.3 Å². The Labute approximate surface area is 72.2 Å². The molecule has 0 heterocycles. The van der Waals surface area contributed by atoms with Crippen molar-refractivity contribution >= 4 is 11.6 Å². The summed E-state index contributed by atoms with van der Waals surface area (Å²) >= 11 is 5.63.